The van der Waals surface area contributed by atoms with Gasteiger partial charge in [-0.1, -0.05) is 23.8 Å². The molecule has 3 nitrogen and oxygen atoms in total. The van der Waals surface area contributed by atoms with Gasteiger partial charge in [-0.05, 0) is 41.6 Å². The van der Waals surface area contributed by atoms with Gasteiger partial charge in [-0.3, -0.25) is 0 Å². The molecular formula is C13H18INO2S. The van der Waals surface area contributed by atoms with Gasteiger partial charge in [0.15, 0.2) is 5.79 Å². The molecule has 0 aliphatic carbocycles. The summed E-state index contributed by atoms with van der Waals surface area (Å²) >= 11 is 7.21. The highest BCUT2D eigenvalue weighted by Crippen LogP contribution is 2.34. The van der Waals surface area contributed by atoms with Gasteiger partial charge < -0.3 is 15.2 Å². The first-order valence-electron chi connectivity index (χ1n) is 5.60. The molecule has 0 aliphatic heterocycles. The van der Waals surface area contributed by atoms with Gasteiger partial charge >= 0.3 is 0 Å². The summed E-state index contributed by atoms with van der Waals surface area (Å²) < 4.78 is 12.3. The van der Waals surface area contributed by atoms with Crippen molar-refractivity contribution in [1.82, 2.24) is 0 Å². The fourth-order valence-electron chi connectivity index (χ4n) is 1.86. The number of methoxy groups -OCH3 is 2. The molecule has 0 saturated heterocycles. The van der Waals surface area contributed by atoms with E-state index in [-0.39, 0.29) is 0 Å². The molecule has 0 heterocycles. The highest BCUT2D eigenvalue weighted by molar-refractivity contribution is 14.1. The highest BCUT2D eigenvalue weighted by atomic mass is 127. The van der Waals surface area contributed by atoms with E-state index in [1.165, 1.54) is 5.56 Å². The first-order valence-corrected chi connectivity index (χ1v) is 7.09. The molecule has 2 N–H and O–H groups in total. The van der Waals surface area contributed by atoms with Gasteiger partial charge in [0.05, 0.1) is 4.99 Å². The SMILES string of the molecule is COC(CCC(N)=S)(OC)c1cc(C)ccc1I. The minimum atomic E-state index is -0.786. The second-order valence-electron chi connectivity index (χ2n) is 4.11. The van der Waals surface area contributed by atoms with Crippen LogP contribution >= 0.6 is 34.8 Å². The summed E-state index contributed by atoms with van der Waals surface area (Å²) in [6, 6.07) is 6.20. The Balaban J connectivity index is 3.16. The number of hydrogen-bond donors (Lipinski definition) is 1. The average Bonchev–Trinajstić information content (AvgIpc) is 2.35. The summed E-state index contributed by atoms with van der Waals surface area (Å²) in [6.45, 7) is 2.04. The van der Waals surface area contributed by atoms with Crippen molar-refractivity contribution in [3.05, 3.63) is 32.9 Å². The summed E-state index contributed by atoms with van der Waals surface area (Å²) in [5, 5.41) is 0. The number of hydrogen-bond acceptors (Lipinski definition) is 3. The van der Waals surface area contributed by atoms with Gasteiger partial charge in [-0.2, -0.15) is 0 Å². The van der Waals surface area contributed by atoms with Crippen LogP contribution in [0.1, 0.15) is 24.0 Å². The first kappa shape index (κ1) is 15.8. The van der Waals surface area contributed by atoms with Crippen molar-refractivity contribution in [1.29, 1.82) is 0 Å². The number of benzene rings is 1. The van der Waals surface area contributed by atoms with Crippen LogP contribution in [0.2, 0.25) is 0 Å². The van der Waals surface area contributed by atoms with Crippen molar-refractivity contribution in [3.8, 4) is 0 Å². The molecule has 0 radical (unpaired) electrons. The summed E-state index contributed by atoms with van der Waals surface area (Å²) in [5.41, 5.74) is 7.76. The fourth-order valence-corrected chi connectivity index (χ4v) is 2.71. The molecule has 1 aromatic carbocycles. The number of thiocarbonyl (C=S) groups is 1. The molecule has 0 unspecified atom stereocenters. The lowest BCUT2D eigenvalue weighted by Crippen LogP contribution is -2.33. The minimum Gasteiger partial charge on any atom is -0.393 e. The van der Waals surface area contributed by atoms with Crippen LogP contribution in [0.5, 0.6) is 0 Å². The zero-order valence-electron chi connectivity index (χ0n) is 10.8. The van der Waals surface area contributed by atoms with Crippen LogP contribution in [-0.4, -0.2) is 19.2 Å². The third-order valence-electron chi connectivity index (χ3n) is 2.89. The molecule has 0 spiro atoms. The maximum absolute atomic E-state index is 5.62. The monoisotopic (exact) mass is 379 g/mol. The maximum Gasteiger partial charge on any atom is 0.195 e. The Kier molecular flexibility index (Phi) is 5.97. The predicted octanol–water partition coefficient (Wildman–Crippen LogP) is 3.11. The van der Waals surface area contributed by atoms with E-state index in [0.717, 1.165) is 9.13 Å². The molecule has 18 heavy (non-hydrogen) atoms. The summed E-state index contributed by atoms with van der Waals surface area (Å²) in [4.78, 5) is 0.469. The molecule has 100 valence electrons. The first-order chi connectivity index (χ1) is 8.45. The van der Waals surface area contributed by atoms with Crippen LogP contribution in [0.3, 0.4) is 0 Å². The van der Waals surface area contributed by atoms with Crippen molar-refractivity contribution >= 4 is 39.8 Å². The molecule has 0 aromatic heterocycles. The third-order valence-corrected chi connectivity index (χ3v) is 4.04. The van der Waals surface area contributed by atoms with Gasteiger partial charge in [0, 0.05) is 36.2 Å². The van der Waals surface area contributed by atoms with Crippen molar-refractivity contribution in [2.24, 2.45) is 5.73 Å². The Morgan fingerprint density at radius 1 is 1.39 bits per heavy atom. The molecule has 0 fully saturated rings. The Morgan fingerprint density at radius 2 is 2.00 bits per heavy atom. The number of nitrogens with two attached hydrogens (primary N) is 1. The molecule has 0 saturated carbocycles. The maximum atomic E-state index is 5.62. The van der Waals surface area contributed by atoms with Crippen LogP contribution in [0.25, 0.3) is 0 Å². The molecule has 1 aromatic rings. The smallest absolute Gasteiger partial charge is 0.195 e. The van der Waals surface area contributed by atoms with Crippen molar-refractivity contribution < 1.29 is 9.47 Å². The largest absolute Gasteiger partial charge is 0.393 e. The van der Waals surface area contributed by atoms with E-state index in [0.29, 0.717) is 17.8 Å². The zero-order chi connectivity index (χ0) is 13.8. The van der Waals surface area contributed by atoms with E-state index in [1.54, 1.807) is 14.2 Å². The Morgan fingerprint density at radius 3 is 2.50 bits per heavy atom. The normalized spacial score (nSPS) is 11.6. The van der Waals surface area contributed by atoms with Crippen molar-refractivity contribution in [2.75, 3.05) is 14.2 Å². The molecule has 0 amide bonds. The Bertz CT molecular complexity index is 433. The summed E-state index contributed by atoms with van der Waals surface area (Å²) in [5.74, 6) is -0.786. The highest BCUT2D eigenvalue weighted by Gasteiger charge is 2.33. The number of rotatable bonds is 6. The fraction of sp³-hybridized carbons (Fsp3) is 0.462. The van der Waals surface area contributed by atoms with E-state index in [9.17, 15) is 0 Å². The molecule has 1 rings (SSSR count). The van der Waals surface area contributed by atoms with E-state index in [2.05, 4.69) is 40.8 Å². The van der Waals surface area contributed by atoms with Crippen LogP contribution in [0.4, 0.5) is 0 Å². The molecule has 0 aliphatic rings. The molecule has 0 atom stereocenters. The standard InChI is InChI=1S/C13H18INO2S/c1-9-4-5-11(14)10(8-9)13(16-2,17-3)7-6-12(15)18/h4-5,8H,6-7H2,1-3H3,(H2,15,18). The van der Waals surface area contributed by atoms with Gasteiger partial charge in [0.1, 0.15) is 0 Å². The molecular weight excluding hydrogens is 361 g/mol. The minimum absolute atomic E-state index is 0.469. The lowest BCUT2D eigenvalue weighted by Gasteiger charge is -2.32. The van der Waals surface area contributed by atoms with E-state index in [4.69, 9.17) is 27.4 Å². The Labute approximate surface area is 127 Å². The van der Waals surface area contributed by atoms with E-state index in [1.807, 2.05) is 6.92 Å². The van der Waals surface area contributed by atoms with Crippen LogP contribution in [0, 0.1) is 10.5 Å². The van der Waals surface area contributed by atoms with Gasteiger partial charge in [-0.15, -0.1) is 0 Å². The van der Waals surface area contributed by atoms with Gasteiger partial charge in [-0.25, -0.2) is 0 Å². The lowest BCUT2D eigenvalue weighted by molar-refractivity contribution is -0.219. The van der Waals surface area contributed by atoms with Crippen LogP contribution in [0.15, 0.2) is 18.2 Å². The third kappa shape index (κ3) is 3.63. The summed E-state index contributed by atoms with van der Waals surface area (Å²) in [6.07, 6.45) is 1.19. The van der Waals surface area contributed by atoms with Crippen molar-refractivity contribution in [3.63, 3.8) is 0 Å². The number of aryl methyl sites for hydroxylation is 1. The van der Waals surface area contributed by atoms with Crippen molar-refractivity contribution in [2.45, 2.75) is 25.6 Å². The van der Waals surface area contributed by atoms with Crippen LogP contribution < -0.4 is 5.73 Å². The van der Waals surface area contributed by atoms with E-state index >= 15 is 0 Å². The number of ether oxygens (including phenoxy) is 2. The van der Waals surface area contributed by atoms with Gasteiger partial charge in [0.25, 0.3) is 0 Å². The average molecular weight is 379 g/mol. The second-order valence-corrected chi connectivity index (χ2v) is 5.80. The molecule has 0 bridgehead atoms. The number of halogens is 1. The second kappa shape index (κ2) is 6.79. The lowest BCUT2D eigenvalue weighted by atomic mass is 9.98. The molecule has 5 heteroatoms. The predicted molar refractivity (Wildman–Crippen MR) is 85.6 cm³/mol. The van der Waals surface area contributed by atoms with Crippen LogP contribution in [-0.2, 0) is 15.3 Å². The van der Waals surface area contributed by atoms with Gasteiger partial charge in [0.2, 0.25) is 0 Å². The topological polar surface area (TPSA) is 44.5 Å². The summed E-state index contributed by atoms with van der Waals surface area (Å²) in [7, 11) is 3.28. The zero-order valence-corrected chi connectivity index (χ0v) is 13.8. The Hall–Kier alpha value is -0.240. The van der Waals surface area contributed by atoms with E-state index < -0.39 is 5.79 Å². The quantitative estimate of drug-likeness (QED) is 0.469.